The molecule has 1 N–H and O–H groups in total. The van der Waals surface area contributed by atoms with Crippen LogP contribution >= 0.6 is 0 Å². The van der Waals surface area contributed by atoms with Crippen molar-refractivity contribution in [2.75, 3.05) is 0 Å². The maximum Gasteiger partial charge on any atom is 0.140 e. The molecule has 0 aromatic heterocycles. The molecule has 0 unspecified atom stereocenters. The lowest BCUT2D eigenvalue weighted by Gasteiger charge is -1.93. The Kier molecular flexibility index (Phi) is 3.96. The molecule has 2 heteroatoms. The molecule has 0 atom stereocenters. The first kappa shape index (κ1) is 8.69. The maximum absolute atomic E-state index is 9.03. The summed E-state index contributed by atoms with van der Waals surface area (Å²) >= 11 is 0. The zero-order valence-electron chi connectivity index (χ0n) is 6.04. The molecule has 10 heavy (non-hydrogen) atoms. The van der Waals surface area contributed by atoms with Crippen molar-refractivity contribution in [1.29, 1.82) is 0 Å². The number of aliphatic hydroxyl groups is 1. The molecule has 0 saturated heterocycles. The lowest BCUT2D eigenvalue weighted by Crippen LogP contribution is -1.80. The lowest BCUT2D eigenvalue weighted by atomic mass is 10.3. The Morgan fingerprint density at radius 1 is 1.40 bits per heavy atom. The Morgan fingerprint density at radius 3 is 2.30 bits per heavy atom. The van der Waals surface area contributed by atoms with Gasteiger partial charge in [0.05, 0.1) is 0 Å². The first-order chi connectivity index (χ1) is 4.76. The number of aliphatic hydroxyl groups excluding tert-OH is 1. The highest BCUT2D eigenvalue weighted by atomic mass is 16.3. The van der Waals surface area contributed by atoms with Crippen LogP contribution in [0.2, 0.25) is 0 Å². The third-order valence-corrected chi connectivity index (χ3v) is 0.917. The van der Waals surface area contributed by atoms with Gasteiger partial charge in [0, 0.05) is 6.21 Å². The van der Waals surface area contributed by atoms with Crippen molar-refractivity contribution in [3.8, 4) is 0 Å². The standard InChI is InChI=1S/C8H11NO/c1-4-7(9-6-3)8(10)5-2/h4-6,10H,1-2H2,3H3/b8-7-,9-6?. The molecule has 0 rings (SSSR count). The highest BCUT2D eigenvalue weighted by Crippen LogP contribution is 2.03. The second kappa shape index (κ2) is 4.56. The van der Waals surface area contributed by atoms with Gasteiger partial charge in [0.15, 0.2) is 0 Å². The van der Waals surface area contributed by atoms with Crippen molar-refractivity contribution in [3.63, 3.8) is 0 Å². The first-order valence-electron chi connectivity index (χ1n) is 2.93. The average molecular weight is 137 g/mol. The van der Waals surface area contributed by atoms with Crippen molar-refractivity contribution in [1.82, 2.24) is 0 Å². The van der Waals surface area contributed by atoms with Gasteiger partial charge in [0.1, 0.15) is 11.5 Å². The smallest absolute Gasteiger partial charge is 0.140 e. The van der Waals surface area contributed by atoms with Crippen LogP contribution in [0.5, 0.6) is 0 Å². The largest absolute Gasteiger partial charge is 0.506 e. The fraction of sp³-hybridized carbons (Fsp3) is 0.125. The molecule has 0 bridgehead atoms. The Morgan fingerprint density at radius 2 is 2.00 bits per heavy atom. The normalized spacial score (nSPS) is 12.9. The van der Waals surface area contributed by atoms with Gasteiger partial charge in [-0.05, 0) is 19.1 Å². The fourth-order valence-electron chi connectivity index (χ4n) is 0.467. The molecule has 0 aliphatic rings. The number of aliphatic imine (C=N–C) groups is 1. The third-order valence-electron chi connectivity index (χ3n) is 0.917. The van der Waals surface area contributed by atoms with Crippen LogP contribution < -0.4 is 0 Å². The molecular weight excluding hydrogens is 126 g/mol. The molecular formula is C8H11NO. The van der Waals surface area contributed by atoms with Crippen LogP contribution in [-0.2, 0) is 0 Å². The summed E-state index contributed by atoms with van der Waals surface area (Å²) in [7, 11) is 0. The van der Waals surface area contributed by atoms with Crippen LogP contribution in [0.15, 0.2) is 41.8 Å². The van der Waals surface area contributed by atoms with Gasteiger partial charge in [-0.3, -0.25) is 4.99 Å². The van der Waals surface area contributed by atoms with E-state index >= 15 is 0 Å². The van der Waals surface area contributed by atoms with Gasteiger partial charge in [0.2, 0.25) is 0 Å². The number of hydrogen-bond acceptors (Lipinski definition) is 2. The zero-order chi connectivity index (χ0) is 7.98. The summed E-state index contributed by atoms with van der Waals surface area (Å²) < 4.78 is 0. The highest BCUT2D eigenvalue weighted by Gasteiger charge is 1.91. The van der Waals surface area contributed by atoms with Gasteiger partial charge < -0.3 is 5.11 Å². The Balaban J connectivity index is 4.61. The molecule has 0 saturated carbocycles. The van der Waals surface area contributed by atoms with Crippen LogP contribution in [0, 0.1) is 0 Å². The van der Waals surface area contributed by atoms with E-state index in [2.05, 4.69) is 18.2 Å². The molecule has 0 aliphatic heterocycles. The van der Waals surface area contributed by atoms with Gasteiger partial charge in [-0.1, -0.05) is 13.2 Å². The van der Waals surface area contributed by atoms with Crippen LogP contribution in [0.3, 0.4) is 0 Å². The summed E-state index contributed by atoms with van der Waals surface area (Å²) in [6, 6.07) is 0. The molecule has 0 fully saturated rings. The molecule has 0 aliphatic carbocycles. The molecule has 0 radical (unpaired) electrons. The summed E-state index contributed by atoms with van der Waals surface area (Å²) in [5, 5.41) is 9.03. The Bertz CT molecular complexity index is 189. The maximum atomic E-state index is 9.03. The van der Waals surface area contributed by atoms with Crippen molar-refractivity contribution < 1.29 is 5.11 Å². The number of nitrogens with zero attached hydrogens (tertiary/aromatic N) is 1. The van der Waals surface area contributed by atoms with Gasteiger partial charge in [0.25, 0.3) is 0 Å². The second-order valence-corrected chi connectivity index (χ2v) is 1.57. The molecule has 0 aromatic rings. The van der Waals surface area contributed by atoms with Crippen molar-refractivity contribution in [2.45, 2.75) is 6.92 Å². The molecule has 2 nitrogen and oxygen atoms in total. The molecule has 0 heterocycles. The lowest BCUT2D eigenvalue weighted by molar-refractivity contribution is 0.427. The average Bonchev–Trinajstić information content (AvgIpc) is 1.99. The molecule has 54 valence electrons. The molecule has 0 amide bonds. The van der Waals surface area contributed by atoms with Crippen molar-refractivity contribution >= 4 is 6.21 Å². The minimum Gasteiger partial charge on any atom is -0.506 e. The number of hydrogen-bond donors (Lipinski definition) is 1. The van der Waals surface area contributed by atoms with E-state index in [1.807, 2.05) is 0 Å². The van der Waals surface area contributed by atoms with Crippen LogP contribution in [-0.4, -0.2) is 11.3 Å². The van der Waals surface area contributed by atoms with Gasteiger partial charge in [-0.15, -0.1) is 0 Å². The fourth-order valence-corrected chi connectivity index (χ4v) is 0.467. The highest BCUT2D eigenvalue weighted by molar-refractivity contribution is 5.56. The summed E-state index contributed by atoms with van der Waals surface area (Å²) in [6.45, 7) is 8.62. The summed E-state index contributed by atoms with van der Waals surface area (Å²) in [6.07, 6.45) is 4.37. The Hall–Kier alpha value is -1.31. The van der Waals surface area contributed by atoms with E-state index in [1.165, 1.54) is 12.2 Å². The monoisotopic (exact) mass is 137 g/mol. The number of allylic oxidation sites excluding steroid dienone is 2. The van der Waals surface area contributed by atoms with Gasteiger partial charge >= 0.3 is 0 Å². The van der Waals surface area contributed by atoms with E-state index in [4.69, 9.17) is 5.11 Å². The summed E-state index contributed by atoms with van der Waals surface area (Å²) in [5.74, 6) is 0.0492. The molecule has 0 aromatic carbocycles. The summed E-state index contributed by atoms with van der Waals surface area (Å²) in [4.78, 5) is 3.83. The van der Waals surface area contributed by atoms with Crippen LogP contribution in [0.4, 0.5) is 0 Å². The topological polar surface area (TPSA) is 32.6 Å². The van der Waals surface area contributed by atoms with Gasteiger partial charge in [-0.2, -0.15) is 0 Å². The van der Waals surface area contributed by atoms with Crippen molar-refractivity contribution in [3.05, 3.63) is 36.8 Å². The minimum atomic E-state index is 0.0492. The number of rotatable bonds is 3. The van der Waals surface area contributed by atoms with E-state index in [1.54, 1.807) is 13.1 Å². The van der Waals surface area contributed by atoms with Crippen molar-refractivity contribution in [2.24, 2.45) is 4.99 Å². The van der Waals surface area contributed by atoms with E-state index < -0.39 is 0 Å². The second-order valence-electron chi connectivity index (χ2n) is 1.57. The predicted octanol–water partition coefficient (Wildman–Crippen LogP) is 2.22. The Labute approximate surface area is 60.9 Å². The van der Waals surface area contributed by atoms with E-state index in [9.17, 15) is 0 Å². The summed E-state index contributed by atoms with van der Waals surface area (Å²) in [5.41, 5.74) is 0.442. The quantitative estimate of drug-likeness (QED) is 0.361. The first-order valence-corrected chi connectivity index (χ1v) is 2.93. The zero-order valence-corrected chi connectivity index (χ0v) is 6.04. The minimum absolute atomic E-state index is 0.0492. The molecule has 0 spiro atoms. The van der Waals surface area contributed by atoms with E-state index in [0.29, 0.717) is 5.70 Å². The van der Waals surface area contributed by atoms with E-state index in [0.717, 1.165) is 0 Å². The van der Waals surface area contributed by atoms with Gasteiger partial charge in [-0.25, -0.2) is 0 Å². The van der Waals surface area contributed by atoms with Crippen LogP contribution in [0.1, 0.15) is 6.92 Å². The van der Waals surface area contributed by atoms with E-state index in [-0.39, 0.29) is 5.76 Å². The van der Waals surface area contributed by atoms with Crippen LogP contribution in [0.25, 0.3) is 0 Å². The SMILES string of the molecule is C=C/C(O)=C(\C=C)N=CC. The third kappa shape index (κ3) is 2.31. The predicted molar refractivity (Wildman–Crippen MR) is 44.2 cm³/mol.